The smallest absolute Gasteiger partial charge is 0.178 e. The van der Waals surface area contributed by atoms with Gasteiger partial charge in [-0.25, -0.2) is 0 Å². The van der Waals surface area contributed by atoms with Crippen LogP contribution in [0.5, 0.6) is 0 Å². The van der Waals surface area contributed by atoms with Crippen molar-refractivity contribution in [1.82, 2.24) is 9.55 Å². The Morgan fingerprint density at radius 3 is 2.83 bits per heavy atom. The van der Waals surface area contributed by atoms with Gasteiger partial charge in [-0.1, -0.05) is 31.4 Å². The summed E-state index contributed by atoms with van der Waals surface area (Å²) < 4.78 is 3.18. The number of aryl methyl sites for hydroxylation is 1. The van der Waals surface area contributed by atoms with Crippen LogP contribution in [-0.2, 0) is 6.54 Å². The molecule has 3 rings (SSSR count). The zero-order valence-corrected chi connectivity index (χ0v) is 11.7. The molecule has 1 fully saturated rings. The van der Waals surface area contributed by atoms with E-state index in [-0.39, 0.29) is 0 Å². The highest BCUT2D eigenvalue weighted by Gasteiger charge is 2.16. The first-order valence-electron chi connectivity index (χ1n) is 6.94. The van der Waals surface area contributed by atoms with Crippen LogP contribution < -0.4 is 0 Å². The molecule has 0 unspecified atom stereocenters. The number of rotatable bonds is 2. The molecule has 1 saturated carbocycles. The van der Waals surface area contributed by atoms with Crippen LogP contribution in [0.3, 0.4) is 0 Å². The van der Waals surface area contributed by atoms with Gasteiger partial charge in [0.25, 0.3) is 0 Å². The molecule has 0 aliphatic heterocycles. The molecule has 1 aromatic heterocycles. The number of benzene rings is 1. The van der Waals surface area contributed by atoms with Crippen LogP contribution >= 0.6 is 12.2 Å². The minimum Gasteiger partial charge on any atom is -0.330 e. The van der Waals surface area contributed by atoms with Crippen LogP contribution in [0.2, 0.25) is 0 Å². The van der Waals surface area contributed by atoms with Crippen molar-refractivity contribution >= 4 is 23.3 Å². The molecule has 1 aliphatic carbocycles. The number of aromatic nitrogens is 2. The van der Waals surface area contributed by atoms with Crippen LogP contribution in [-0.4, -0.2) is 9.55 Å². The van der Waals surface area contributed by atoms with E-state index in [2.05, 4.69) is 34.7 Å². The zero-order chi connectivity index (χ0) is 12.5. The molecule has 1 N–H and O–H groups in total. The lowest BCUT2D eigenvalue weighted by Gasteiger charge is -2.22. The summed E-state index contributed by atoms with van der Waals surface area (Å²) in [6.07, 6.45) is 6.91. The Morgan fingerprint density at radius 1 is 1.28 bits per heavy atom. The summed E-state index contributed by atoms with van der Waals surface area (Å²) in [6.45, 7) is 3.22. The third kappa shape index (κ3) is 2.12. The van der Waals surface area contributed by atoms with Crippen molar-refractivity contribution in [2.45, 2.75) is 45.6 Å². The number of hydrogen-bond acceptors (Lipinski definition) is 1. The van der Waals surface area contributed by atoms with Crippen molar-refractivity contribution in [2.24, 2.45) is 5.92 Å². The van der Waals surface area contributed by atoms with Crippen molar-refractivity contribution in [3.05, 3.63) is 28.5 Å². The standard InChI is InChI=1S/C15H20N2S/c1-11-6-5-9-13-14(11)16-15(18)17(13)10-12-7-3-2-4-8-12/h5-6,9,12H,2-4,7-8,10H2,1H3,(H,16,18). The van der Waals surface area contributed by atoms with E-state index in [0.29, 0.717) is 0 Å². The van der Waals surface area contributed by atoms with Gasteiger partial charge in [0.15, 0.2) is 4.77 Å². The molecule has 1 heterocycles. The molecule has 0 radical (unpaired) electrons. The van der Waals surface area contributed by atoms with E-state index in [1.807, 2.05) is 0 Å². The molecular formula is C15H20N2S. The predicted octanol–water partition coefficient (Wildman–Crippen LogP) is 4.59. The Bertz CT molecular complexity index is 602. The second-order valence-electron chi connectivity index (χ2n) is 5.51. The molecule has 0 spiro atoms. The fourth-order valence-electron chi connectivity index (χ4n) is 3.13. The second kappa shape index (κ2) is 4.88. The lowest BCUT2D eigenvalue weighted by molar-refractivity contribution is 0.321. The van der Waals surface area contributed by atoms with Crippen molar-refractivity contribution in [3.63, 3.8) is 0 Å². The van der Waals surface area contributed by atoms with Gasteiger partial charge in [-0.15, -0.1) is 0 Å². The van der Waals surface area contributed by atoms with E-state index in [1.165, 1.54) is 48.7 Å². The van der Waals surface area contributed by atoms with Crippen LogP contribution in [0.15, 0.2) is 18.2 Å². The largest absolute Gasteiger partial charge is 0.330 e. The highest BCUT2D eigenvalue weighted by molar-refractivity contribution is 7.71. The number of imidazole rings is 1. The Hall–Kier alpha value is -1.09. The fraction of sp³-hybridized carbons (Fsp3) is 0.533. The SMILES string of the molecule is Cc1cccc2c1[nH]c(=S)n2CC1CCCCC1. The third-order valence-corrected chi connectivity index (χ3v) is 4.51. The molecule has 18 heavy (non-hydrogen) atoms. The number of fused-ring (bicyclic) bond motifs is 1. The van der Waals surface area contributed by atoms with Crippen LogP contribution in [0.25, 0.3) is 11.0 Å². The van der Waals surface area contributed by atoms with Crippen molar-refractivity contribution in [3.8, 4) is 0 Å². The molecule has 2 aromatic rings. The average molecular weight is 260 g/mol. The molecule has 0 bridgehead atoms. The first kappa shape index (κ1) is 12.0. The Kier molecular flexibility index (Phi) is 3.25. The lowest BCUT2D eigenvalue weighted by Crippen LogP contribution is -2.14. The van der Waals surface area contributed by atoms with Gasteiger partial charge in [-0.3, -0.25) is 0 Å². The number of para-hydroxylation sites is 1. The minimum atomic E-state index is 0.810. The average Bonchev–Trinajstić information content (AvgIpc) is 2.70. The molecular weight excluding hydrogens is 240 g/mol. The van der Waals surface area contributed by atoms with E-state index < -0.39 is 0 Å². The maximum atomic E-state index is 5.49. The molecule has 3 heteroatoms. The van der Waals surface area contributed by atoms with Crippen molar-refractivity contribution in [1.29, 1.82) is 0 Å². The third-order valence-electron chi connectivity index (χ3n) is 4.18. The van der Waals surface area contributed by atoms with Gasteiger partial charge in [0, 0.05) is 6.54 Å². The van der Waals surface area contributed by atoms with Crippen LogP contribution in [0, 0.1) is 17.6 Å². The quantitative estimate of drug-likeness (QED) is 0.783. The van der Waals surface area contributed by atoms with E-state index in [9.17, 15) is 0 Å². The van der Waals surface area contributed by atoms with E-state index in [0.717, 1.165) is 17.2 Å². The first-order valence-corrected chi connectivity index (χ1v) is 7.34. The lowest BCUT2D eigenvalue weighted by atomic mass is 9.89. The van der Waals surface area contributed by atoms with Gasteiger partial charge in [-0.2, -0.15) is 0 Å². The summed E-state index contributed by atoms with van der Waals surface area (Å²) >= 11 is 5.49. The highest BCUT2D eigenvalue weighted by Crippen LogP contribution is 2.27. The van der Waals surface area contributed by atoms with Gasteiger partial charge in [0.1, 0.15) is 0 Å². The normalized spacial score (nSPS) is 17.4. The zero-order valence-electron chi connectivity index (χ0n) is 10.9. The highest BCUT2D eigenvalue weighted by atomic mass is 32.1. The summed E-state index contributed by atoms with van der Waals surface area (Å²) in [5.41, 5.74) is 3.75. The number of hydrogen-bond donors (Lipinski definition) is 1. The van der Waals surface area contributed by atoms with E-state index in [4.69, 9.17) is 12.2 Å². The number of aromatic amines is 1. The molecule has 0 amide bonds. The van der Waals surface area contributed by atoms with E-state index in [1.54, 1.807) is 0 Å². The van der Waals surface area contributed by atoms with Crippen LogP contribution in [0.4, 0.5) is 0 Å². The van der Waals surface area contributed by atoms with Gasteiger partial charge in [-0.05, 0) is 49.5 Å². The van der Waals surface area contributed by atoms with Crippen LogP contribution in [0.1, 0.15) is 37.7 Å². The maximum absolute atomic E-state index is 5.49. The maximum Gasteiger partial charge on any atom is 0.178 e. The molecule has 1 aliphatic rings. The summed E-state index contributed by atoms with van der Waals surface area (Å²) in [7, 11) is 0. The van der Waals surface area contributed by atoms with Crippen molar-refractivity contribution < 1.29 is 0 Å². The molecule has 2 nitrogen and oxygen atoms in total. The van der Waals surface area contributed by atoms with Crippen molar-refractivity contribution in [2.75, 3.05) is 0 Å². The Morgan fingerprint density at radius 2 is 2.06 bits per heavy atom. The summed E-state index contributed by atoms with van der Waals surface area (Å²) in [5, 5.41) is 0. The molecule has 0 saturated heterocycles. The van der Waals surface area contributed by atoms with Gasteiger partial charge < -0.3 is 9.55 Å². The number of H-pyrrole nitrogens is 1. The Labute approximate surface area is 113 Å². The fourth-order valence-corrected chi connectivity index (χ4v) is 3.41. The summed E-state index contributed by atoms with van der Waals surface area (Å²) in [4.78, 5) is 3.36. The number of nitrogens with zero attached hydrogens (tertiary/aromatic N) is 1. The van der Waals surface area contributed by atoms with Gasteiger partial charge in [0.05, 0.1) is 11.0 Å². The first-order chi connectivity index (χ1) is 8.75. The molecule has 96 valence electrons. The Balaban J connectivity index is 1.98. The molecule has 1 aromatic carbocycles. The van der Waals surface area contributed by atoms with Gasteiger partial charge >= 0.3 is 0 Å². The summed E-state index contributed by atoms with van der Waals surface area (Å²) in [5.74, 6) is 0.810. The second-order valence-corrected chi connectivity index (χ2v) is 5.90. The van der Waals surface area contributed by atoms with E-state index >= 15 is 0 Å². The summed E-state index contributed by atoms with van der Waals surface area (Å²) in [6, 6.07) is 6.44. The number of nitrogens with one attached hydrogen (secondary N) is 1. The topological polar surface area (TPSA) is 20.7 Å². The van der Waals surface area contributed by atoms with Gasteiger partial charge in [0.2, 0.25) is 0 Å². The monoisotopic (exact) mass is 260 g/mol. The molecule has 0 atom stereocenters. The predicted molar refractivity (Wildman–Crippen MR) is 78.4 cm³/mol. The minimum absolute atomic E-state index is 0.810.